The Hall–Kier alpha value is -2.50. The summed E-state index contributed by atoms with van der Waals surface area (Å²) in [5.41, 5.74) is 0.533. The Labute approximate surface area is 148 Å². The Morgan fingerprint density at radius 2 is 2.08 bits per heavy atom. The van der Waals surface area contributed by atoms with E-state index in [2.05, 4.69) is 15.3 Å². The van der Waals surface area contributed by atoms with Gasteiger partial charge in [0.15, 0.2) is 0 Å². The molecule has 1 aliphatic heterocycles. The summed E-state index contributed by atoms with van der Waals surface area (Å²) in [5.74, 6) is 2.03. The smallest absolute Gasteiger partial charge is 0.321 e. The van der Waals surface area contributed by atoms with E-state index in [9.17, 15) is 4.79 Å². The van der Waals surface area contributed by atoms with Crippen LogP contribution in [-0.4, -0.2) is 39.6 Å². The van der Waals surface area contributed by atoms with Crippen LogP contribution in [0.3, 0.4) is 0 Å². The second-order valence-corrected chi connectivity index (χ2v) is 7.43. The molecule has 0 spiro atoms. The number of piperidine rings is 1. The lowest BCUT2D eigenvalue weighted by Gasteiger charge is -2.31. The molecule has 0 aliphatic carbocycles. The first-order valence-electron chi connectivity index (χ1n) is 8.75. The summed E-state index contributed by atoms with van der Waals surface area (Å²) in [7, 11) is 0. The van der Waals surface area contributed by atoms with Gasteiger partial charge in [-0.05, 0) is 57.9 Å². The van der Waals surface area contributed by atoms with Gasteiger partial charge in [-0.3, -0.25) is 0 Å². The maximum atomic E-state index is 12.5. The fourth-order valence-corrected chi connectivity index (χ4v) is 3.05. The van der Waals surface area contributed by atoms with Crippen LogP contribution in [0.1, 0.15) is 45.4 Å². The van der Waals surface area contributed by atoms with E-state index in [-0.39, 0.29) is 17.6 Å². The van der Waals surface area contributed by atoms with Crippen LogP contribution >= 0.6 is 0 Å². The molecule has 2 heterocycles. The number of carbonyl (C=O) groups excluding carboxylic acids is 1. The molecule has 1 atom stereocenters. The highest BCUT2D eigenvalue weighted by atomic mass is 16.5. The van der Waals surface area contributed by atoms with Crippen molar-refractivity contribution in [1.29, 1.82) is 0 Å². The number of rotatable bonds is 3. The molecule has 2 N–H and O–H groups in total. The molecule has 1 aromatic heterocycles. The molecule has 6 nitrogen and oxygen atoms in total. The molecule has 6 heteroatoms. The SMILES string of the molecule is CC(C)(C)Oc1ccc(NC(=O)N2CCCC(c3ncc[nH]3)C2)cc1. The van der Waals surface area contributed by atoms with Crippen LogP contribution in [0.4, 0.5) is 10.5 Å². The number of hydrogen-bond donors (Lipinski definition) is 2. The number of aromatic amines is 1. The maximum Gasteiger partial charge on any atom is 0.321 e. The largest absolute Gasteiger partial charge is 0.488 e. The molecule has 1 saturated heterocycles. The molecule has 1 aromatic carbocycles. The van der Waals surface area contributed by atoms with E-state index in [0.29, 0.717) is 6.54 Å². The van der Waals surface area contributed by atoms with Crippen LogP contribution in [0.2, 0.25) is 0 Å². The third-order valence-corrected chi connectivity index (χ3v) is 4.14. The van der Waals surface area contributed by atoms with Gasteiger partial charge in [0.1, 0.15) is 17.2 Å². The van der Waals surface area contributed by atoms with E-state index in [4.69, 9.17) is 4.74 Å². The number of amides is 2. The number of imidazole rings is 1. The normalized spacial score (nSPS) is 18.0. The Morgan fingerprint density at radius 1 is 1.32 bits per heavy atom. The third kappa shape index (κ3) is 4.75. The van der Waals surface area contributed by atoms with Crippen LogP contribution in [0.25, 0.3) is 0 Å². The van der Waals surface area contributed by atoms with E-state index >= 15 is 0 Å². The fraction of sp³-hybridized carbons (Fsp3) is 0.474. The van der Waals surface area contributed by atoms with E-state index < -0.39 is 0 Å². The molecule has 2 aromatic rings. The Kier molecular flexibility index (Phi) is 4.97. The molecule has 3 rings (SSSR count). The van der Waals surface area contributed by atoms with Crippen LogP contribution in [0, 0.1) is 0 Å². The van der Waals surface area contributed by atoms with E-state index in [1.807, 2.05) is 56.1 Å². The Bertz CT molecular complexity index is 689. The summed E-state index contributed by atoms with van der Waals surface area (Å²) in [4.78, 5) is 21.9. The van der Waals surface area contributed by atoms with Crippen molar-refractivity contribution in [3.8, 4) is 5.75 Å². The minimum Gasteiger partial charge on any atom is -0.488 e. The highest BCUT2D eigenvalue weighted by molar-refractivity contribution is 5.89. The molecule has 1 aliphatic rings. The summed E-state index contributed by atoms with van der Waals surface area (Å²) in [5, 5.41) is 2.97. The Balaban J connectivity index is 1.58. The maximum absolute atomic E-state index is 12.5. The second-order valence-electron chi connectivity index (χ2n) is 7.43. The predicted molar refractivity (Wildman–Crippen MR) is 98.0 cm³/mol. The van der Waals surface area contributed by atoms with Crippen LogP contribution in [0.15, 0.2) is 36.7 Å². The standard InChI is InChI=1S/C19H26N4O2/c1-19(2,3)25-16-8-6-15(7-9-16)22-18(24)23-12-4-5-14(13-23)17-20-10-11-21-17/h6-11,14H,4-5,12-13H2,1-3H3,(H,20,21)(H,22,24). The fourth-order valence-electron chi connectivity index (χ4n) is 3.05. The van der Waals surface area contributed by atoms with Crippen molar-refractivity contribution in [1.82, 2.24) is 14.9 Å². The summed E-state index contributed by atoms with van der Waals surface area (Å²) >= 11 is 0. The van der Waals surface area contributed by atoms with Gasteiger partial charge in [-0.1, -0.05) is 0 Å². The summed E-state index contributed by atoms with van der Waals surface area (Å²) in [6, 6.07) is 7.42. The number of urea groups is 1. The monoisotopic (exact) mass is 342 g/mol. The zero-order valence-corrected chi connectivity index (χ0v) is 15.1. The highest BCUT2D eigenvalue weighted by Crippen LogP contribution is 2.25. The van der Waals surface area contributed by atoms with Crippen LogP contribution in [0.5, 0.6) is 5.75 Å². The minimum atomic E-state index is -0.237. The number of carbonyl (C=O) groups is 1. The lowest BCUT2D eigenvalue weighted by atomic mass is 9.98. The number of nitrogens with zero attached hydrogens (tertiary/aromatic N) is 2. The number of likely N-dealkylation sites (tertiary alicyclic amines) is 1. The molecule has 0 radical (unpaired) electrons. The molecule has 0 bridgehead atoms. The van der Waals surface area contributed by atoms with Gasteiger partial charge in [-0.25, -0.2) is 9.78 Å². The first-order chi connectivity index (χ1) is 11.9. The Morgan fingerprint density at radius 3 is 2.72 bits per heavy atom. The number of H-pyrrole nitrogens is 1. The number of benzene rings is 1. The van der Waals surface area contributed by atoms with E-state index in [1.54, 1.807) is 6.20 Å². The van der Waals surface area contributed by atoms with Gasteiger partial charge < -0.3 is 19.9 Å². The van der Waals surface area contributed by atoms with Gasteiger partial charge in [-0.15, -0.1) is 0 Å². The molecule has 0 saturated carbocycles. The average Bonchev–Trinajstić information content (AvgIpc) is 3.10. The molecular weight excluding hydrogens is 316 g/mol. The third-order valence-electron chi connectivity index (χ3n) is 4.14. The summed E-state index contributed by atoms with van der Waals surface area (Å²) < 4.78 is 5.80. The van der Waals surface area contributed by atoms with Gasteiger partial charge in [0.2, 0.25) is 0 Å². The lowest BCUT2D eigenvalue weighted by Crippen LogP contribution is -2.41. The molecular formula is C19H26N4O2. The van der Waals surface area contributed by atoms with Crippen LogP contribution in [-0.2, 0) is 0 Å². The molecule has 25 heavy (non-hydrogen) atoms. The van der Waals surface area contributed by atoms with E-state index in [0.717, 1.165) is 36.6 Å². The molecule has 1 fully saturated rings. The van der Waals surface area contributed by atoms with Crippen molar-refractivity contribution in [2.45, 2.75) is 45.1 Å². The van der Waals surface area contributed by atoms with Gasteiger partial charge in [-0.2, -0.15) is 0 Å². The average molecular weight is 342 g/mol. The van der Waals surface area contributed by atoms with Crippen LogP contribution < -0.4 is 10.1 Å². The van der Waals surface area contributed by atoms with E-state index in [1.165, 1.54) is 0 Å². The van der Waals surface area contributed by atoms with Crippen molar-refractivity contribution >= 4 is 11.7 Å². The number of hydrogen-bond acceptors (Lipinski definition) is 3. The highest BCUT2D eigenvalue weighted by Gasteiger charge is 2.26. The minimum absolute atomic E-state index is 0.0688. The van der Waals surface area contributed by atoms with Crippen molar-refractivity contribution < 1.29 is 9.53 Å². The first kappa shape index (κ1) is 17.3. The number of nitrogens with one attached hydrogen (secondary N) is 2. The quantitative estimate of drug-likeness (QED) is 0.886. The number of anilines is 1. The summed E-state index contributed by atoms with van der Waals surface area (Å²) in [6.45, 7) is 7.48. The second kappa shape index (κ2) is 7.17. The molecule has 1 unspecified atom stereocenters. The zero-order valence-electron chi connectivity index (χ0n) is 15.1. The van der Waals surface area contributed by atoms with Gasteiger partial charge in [0.05, 0.1) is 0 Å². The van der Waals surface area contributed by atoms with Gasteiger partial charge >= 0.3 is 6.03 Å². The van der Waals surface area contributed by atoms with Crippen molar-refractivity contribution in [3.63, 3.8) is 0 Å². The topological polar surface area (TPSA) is 70.2 Å². The zero-order chi connectivity index (χ0) is 17.9. The first-order valence-corrected chi connectivity index (χ1v) is 8.75. The molecule has 2 amide bonds. The lowest BCUT2D eigenvalue weighted by molar-refractivity contribution is 0.131. The van der Waals surface area contributed by atoms with Crippen molar-refractivity contribution in [2.75, 3.05) is 18.4 Å². The predicted octanol–water partition coefficient (Wildman–Crippen LogP) is 4.00. The van der Waals surface area contributed by atoms with Crippen molar-refractivity contribution in [2.24, 2.45) is 0 Å². The molecule has 134 valence electrons. The van der Waals surface area contributed by atoms with Gasteiger partial charge in [0, 0.05) is 37.1 Å². The van der Waals surface area contributed by atoms with Crippen molar-refractivity contribution in [3.05, 3.63) is 42.5 Å². The summed E-state index contributed by atoms with van der Waals surface area (Å²) in [6.07, 6.45) is 5.62. The van der Waals surface area contributed by atoms with Gasteiger partial charge in [0.25, 0.3) is 0 Å². The number of ether oxygens (including phenoxy) is 1. The number of aromatic nitrogens is 2.